The van der Waals surface area contributed by atoms with E-state index in [-0.39, 0.29) is 18.2 Å². The lowest BCUT2D eigenvalue weighted by atomic mass is 9.88. The lowest BCUT2D eigenvalue weighted by Gasteiger charge is -2.56. The molecule has 3 aliphatic rings. The van der Waals surface area contributed by atoms with Gasteiger partial charge in [0.05, 0.1) is 12.1 Å². The van der Waals surface area contributed by atoms with Crippen molar-refractivity contribution in [1.82, 2.24) is 9.88 Å². The van der Waals surface area contributed by atoms with Gasteiger partial charge in [-0.15, -0.1) is 0 Å². The topological polar surface area (TPSA) is 45.7 Å². The number of carbonyl (C=O) groups excluding carboxylic acids is 1. The van der Waals surface area contributed by atoms with Gasteiger partial charge < -0.3 is 9.64 Å². The number of hydrogen-bond donors (Lipinski definition) is 0. The maximum Gasteiger partial charge on any atom is 0.410 e. The Balaban J connectivity index is 1.68. The van der Waals surface area contributed by atoms with E-state index in [1.54, 1.807) is 6.07 Å². The van der Waals surface area contributed by atoms with Gasteiger partial charge in [-0.05, 0) is 55.3 Å². The zero-order chi connectivity index (χ0) is 16.1. The smallest absolute Gasteiger partial charge is 0.410 e. The maximum absolute atomic E-state index is 12.2. The highest BCUT2D eigenvalue weighted by molar-refractivity contribution is 9.10. The predicted molar refractivity (Wildman–Crippen MR) is 89.4 cm³/mol. The van der Waals surface area contributed by atoms with Gasteiger partial charge in [-0.25, -0.2) is 9.78 Å². The van der Waals surface area contributed by atoms with Crippen LogP contribution in [0.3, 0.4) is 0 Å². The molecule has 7 heteroatoms. The Labute approximate surface area is 143 Å². The number of anilines is 1. The van der Waals surface area contributed by atoms with E-state index in [1.165, 1.54) is 0 Å². The van der Waals surface area contributed by atoms with Gasteiger partial charge >= 0.3 is 6.09 Å². The number of fused-ring (bicyclic) bond motifs is 2. The van der Waals surface area contributed by atoms with Gasteiger partial charge in [0, 0.05) is 18.1 Å². The van der Waals surface area contributed by atoms with Crippen molar-refractivity contribution in [2.45, 2.75) is 44.9 Å². The fourth-order valence-electron chi connectivity index (χ4n) is 3.02. The van der Waals surface area contributed by atoms with Crippen LogP contribution >= 0.6 is 27.5 Å². The zero-order valence-corrected chi connectivity index (χ0v) is 15.2. The van der Waals surface area contributed by atoms with Crippen molar-refractivity contribution in [3.05, 3.63) is 21.8 Å². The summed E-state index contributed by atoms with van der Waals surface area (Å²) in [6.07, 6.45) is 0.811. The summed E-state index contributed by atoms with van der Waals surface area (Å²) >= 11 is 9.45. The van der Waals surface area contributed by atoms with Crippen LogP contribution in [0.5, 0.6) is 0 Å². The fourth-order valence-corrected chi connectivity index (χ4v) is 3.79. The molecule has 22 heavy (non-hydrogen) atoms. The largest absolute Gasteiger partial charge is 0.444 e. The second kappa shape index (κ2) is 5.57. The average molecular weight is 389 g/mol. The van der Waals surface area contributed by atoms with Crippen LogP contribution in [0.4, 0.5) is 10.6 Å². The second-order valence-electron chi connectivity index (χ2n) is 6.80. The Morgan fingerprint density at radius 2 is 2.00 bits per heavy atom. The molecule has 3 saturated heterocycles. The van der Waals surface area contributed by atoms with Crippen molar-refractivity contribution < 1.29 is 9.53 Å². The summed E-state index contributed by atoms with van der Waals surface area (Å²) in [5.74, 6) is 0.845. The molecule has 0 radical (unpaired) electrons. The number of rotatable bonds is 1. The molecule has 0 aliphatic carbocycles. The van der Waals surface area contributed by atoms with E-state index < -0.39 is 5.60 Å². The molecule has 2 unspecified atom stereocenters. The first-order chi connectivity index (χ1) is 10.2. The summed E-state index contributed by atoms with van der Waals surface area (Å²) in [5, 5.41) is 0.653. The average Bonchev–Trinajstić information content (AvgIpc) is 2.35. The standard InChI is InChI=1S/C15H19BrClN3O2/c1-15(2,3)22-14(21)20-10-6-11(20)8-19(7-10)13-5-9(17)4-12(16)18-13/h4-5,10-11H,6-8H2,1-3H3. The van der Waals surface area contributed by atoms with Gasteiger partial charge in [0.1, 0.15) is 16.0 Å². The summed E-state index contributed by atoms with van der Waals surface area (Å²) in [5.41, 5.74) is -0.458. The molecule has 120 valence electrons. The minimum atomic E-state index is -0.458. The van der Waals surface area contributed by atoms with Crippen molar-refractivity contribution in [2.24, 2.45) is 0 Å². The Hall–Kier alpha value is -1.01. The van der Waals surface area contributed by atoms with E-state index in [0.29, 0.717) is 5.02 Å². The number of piperidine rings is 1. The van der Waals surface area contributed by atoms with Crippen LogP contribution in [0.25, 0.3) is 0 Å². The number of nitrogens with zero attached hydrogens (tertiary/aromatic N) is 3. The zero-order valence-electron chi connectivity index (χ0n) is 12.8. The molecule has 3 fully saturated rings. The van der Waals surface area contributed by atoms with Gasteiger partial charge in [0.2, 0.25) is 0 Å². The number of hydrogen-bond acceptors (Lipinski definition) is 4. The summed E-state index contributed by atoms with van der Waals surface area (Å²) in [7, 11) is 0. The summed E-state index contributed by atoms with van der Waals surface area (Å²) < 4.78 is 6.20. The third-order valence-corrected chi connectivity index (χ3v) is 4.49. The van der Waals surface area contributed by atoms with E-state index in [4.69, 9.17) is 16.3 Å². The van der Waals surface area contributed by atoms with Gasteiger partial charge in [-0.3, -0.25) is 4.90 Å². The van der Waals surface area contributed by atoms with E-state index in [1.807, 2.05) is 31.7 Å². The van der Waals surface area contributed by atoms with Gasteiger partial charge in [-0.1, -0.05) is 11.6 Å². The fraction of sp³-hybridized carbons (Fsp3) is 0.600. The summed E-state index contributed by atoms with van der Waals surface area (Å²) in [4.78, 5) is 20.8. The highest BCUT2D eigenvalue weighted by Crippen LogP contribution is 2.36. The van der Waals surface area contributed by atoms with E-state index in [9.17, 15) is 4.79 Å². The molecule has 2 atom stereocenters. The van der Waals surface area contributed by atoms with Crippen LogP contribution in [0.2, 0.25) is 5.02 Å². The van der Waals surface area contributed by atoms with Crippen LogP contribution < -0.4 is 4.90 Å². The van der Waals surface area contributed by atoms with Crippen molar-refractivity contribution >= 4 is 39.4 Å². The number of carbonyl (C=O) groups is 1. The van der Waals surface area contributed by atoms with Crippen molar-refractivity contribution in [3.8, 4) is 0 Å². The highest BCUT2D eigenvalue weighted by atomic mass is 79.9. The molecule has 3 aliphatic heterocycles. The third kappa shape index (κ3) is 3.18. The number of aromatic nitrogens is 1. The molecule has 0 spiro atoms. The molecule has 0 N–H and O–H groups in total. The Kier molecular flexibility index (Phi) is 4.01. The first-order valence-electron chi connectivity index (χ1n) is 7.32. The van der Waals surface area contributed by atoms with Crippen molar-refractivity contribution in [1.29, 1.82) is 0 Å². The Morgan fingerprint density at radius 3 is 2.55 bits per heavy atom. The Morgan fingerprint density at radius 1 is 1.36 bits per heavy atom. The first kappa shape index (κ1) is 15.9. The minimum absolute atomic E-state index is 0.188. The maximum atomic E-state index is 12.2. The van der Waals surface area contributed by atoms with Gasteiger partial charge in [-0.2, -0.15) is 0 Å². The number of amides is 1. The van der Waals surface area contributed by atoms with Crippen LogP contribution in [-0.4, -0.2) is 46.8 Å². The minimum Gasteiger partial charge on any atom is -0.444 e. The Bertz CT molecular complexity index is 573. The summed E-state index contributed by atoms with van der Waals surface area (Å²) in [6, 6.07) is 4.00. The van der Waals surface area contributed by atoms with Crippen LogP contribution in [0, 0.1) is 0 Å². The highest BCUT2D eigenvalue weighted by Gasteiger charge is 2.49. The number of halogens is 2. The van der Waals surface area contributed by atoms with Crippen molar-refractivity contribution in [2.75, 3.05) is 18.0 Å². The molecular formula is C15H19BrClN3O2. The molecule has 1 aromatic heterocycles. The van der Waals surface area contributed by atoms with Gasteiger partial charge in [0.25, 0.3) is 0 Å². The molecule has 2 bridgehead atoms. The second-order valence-corrected chi connectivity index (χ2v) is 8.05. The molecule has 0 aromatic carbocycles. The monoisotopic (exact) mass is 387 g/mol. The van der Waals surface area contributed by atoms with E-state index in [0.717, 1.165) is 29.9 Å². The number of piperazine rings is 1. The third-order valence-electron chi connectivity index (χ3n) is 3.87. The first-order valence-corrected chi connectivity index (χ1v) is 8.49. The van der Waals surface area contributed by atoms with Gasteiger partial charge in [0.15, 0.2) is 0 Å². The molecular weight excluding hydrogens is 370 g/mol. The van der Waals surface area contributed by atoms with Crippen LogP contribution in [-0.2, 0) is 4.74 Å². The molecule has 1 amide bonds. The molecule has 5 nitrogen and oxygen atoms in total. The lowest BCUT2D eigenvalue weighted by Crippen LogP contribution is -2.70. The van der Waals surface area contributed by atoms with Crippen LogP contribution in [0.15, 0.2) is 16.7 Å². The summed E-state index contributed by atoms with van der Waals surface area (Å²) in [6.45, 7) is 7.19. The SMILES string of the molecule is CC(C)(C)OC(=O)N1C2CC1CN(c1cc(Cl)cc(Br)n1)C2. The van der Waals surface area contributed by atoms with Crippen molar-refractivity contribution in [3.63, 3.8) is 0 Å². The lowest BCUT2D eigenvalue weighted by molar-refractivity contribution is -0.0380. The number of pyridine rings is 1. The molecule has 4 rings (SSSR count). The normalized spacial score (nSPS) is 24.0. The molecule has 0 saturated carbocycles. The quantitative estimate of drug-likeness (QED) is 0.688. The molecule has 1 aromatic rings. The van der Waals surface area contributed by atoms with E-state index in [2.05, 4.69) is 25.8 Å². The number of ether oxygens (including phenoxy) is 1. The predicted octanol–water partition coefficient (Wildman–Crippen LogP) is 3.70. The molecule has 4 heterocycles. The van der Waals surface area contributed by atoms with Crippen LogP contribution in [0.1, 0.15) is 27.2 Å². The van der Waals surface area contributed by atoms with E-state index >= 15 is 0 Å².